The molecule has 2 fully saturated rings. The lowest BCUT2D eigenvalue weighted by molar-refractivity contribution is -0.139. The molecule has 130 valence electrons. The number of aliphatic carboxylic acids is 1. The van der Waals surface area contributed by atoms with Crippen LogP contribution in [0, 0.1) is 17.3 Å². The highest BCUT2D eigenvalue weighted by molar-refractivity contribution is 5.94. The van der Waals surface area contributed by atoms with Gasteiger partial charge in [-0.1, -0.05) is 19.9 Å². The smallest absolute Gasteiger partial charge is 0.307 e. The van der Waals surface area contributed by atoms with Gasteiger partial charge >= 0.3 is 5.97 Å². The normalized spacial score (nSPS) is 21.8. The molecule has 0 bridgehead atoms. The van der Waals surface area contributed by atoms with Crippen molar-refractivity contribution < 1.29 is 19.4 Å². The minimum Gasteiger partial charge on any atom is -0.493 e. The second kappa shape index (κ2) is 6.46. The van der Waals surface area contributed by atoms with Crippen LogP contribution >= 0.6 is 0 Å². The van der Waals surface area contributed by atoms with E-state index in [0.717, 1.165) is 25.0 Å². The maximum Gasteiger partial charge on any atom is 0.307 e. The van der Waals surface area contributed by atoms with Gasteiger partial charge in [-0.25, -0.2) is 0 Å². The number of carbonyl (C=O) groups is 2. The van der Waals surface area contributed by atoms with Gasteiger partial charge in [0, 0.05) is 18.7 Å². The third kappa shape index (κ3) is 3.40. The fourth-order valence-corrected chi connectivity index (χ4v) is 3.57. The molecule has 5 nitrogen and oxygen atoms in total. The maximum absolute atomic E-state index is 12.7. The molecule has 1 aromatic carbocycles. The van der Waals surface area contributed by atoms with E-state index in [-0.39, 0.29) is 17.2 Å². The Bertz CT molecular complexity index is 632. The van der Waals surface area contributed by atoms with Crippen molar-refractivity contribution in [1.82, 2.24) is 4.90 Å². The van der Waals surface area contributed by atoms with Crippen LogP contribution in [0.3, 0.4) is 0 Å². The zero-order valence-corrected chi connectivity index (χ0v) is 14.3. The first kappa shape index (κ1) is 16.8. The monoisotopic (exact) mass is 331 g/mol. The standard InChI is InChI=1S/C19H25NO4/c1-13(2)12-24-15-5-3-4-14(10-15)17(21)20-8-6-19(7-9-20)11-16(19)18(22)23/h3-5,10,13,16H,6-9,11-12H2,1-2H3,(H,22,23). The van der Waals surface area contributed by atoms with Crippen LogP contribution in [0.15, 0.2) is 24.3 Å². The molecule has 1 saturated carbocycles. The topological polar surface area (TPSA) is 66.8 Å². The molecule has 1 N–H and O–H groups in total. The molecule has 1 aromatic rings. The van der Waals surface area contributed by atoms with Gasteiger partial charge in [0.1, 0.15) is 5.75 Å². The molecule has 3 rings (SSSR count). The van der Waals surface area contributed by atoms with Crippen LogP contribution in [0.25, 0.3) is 0 Å². The predicted octanol–water partition coefficient (Wildman–Crippen LogP) is 3.05. The van der Waals surface area contributed by atoms with Crippen molar-refractivity contribution in [3.05, 3.63) is 29.8 Å². The molecule has 24 heavy (non-hydrogen) atoms. The molecule has 5 heteroatoms. The second-order valence-corrected chi connectivity index (χ2v) is 7.48. The van der Waals surface area contributed by atoms with E-state index in [1.54, 1.807) is 6.07 Å². The van der Waals surface area contributed by atoms with Gasteiger partial charge in [0.25, 0.3) is 5.91 Å². The van der Waals surface area contributed by atoms with E-state index in [0.29, 0.717) is 31.2 Å². The summed E-state index contributed by atoms with van der Waals surface area (Å²) in [6.45, 7) is 6.07. The van der Waals surface area contributed by atoms with Gasteiger partial charge in [0.2, 0.25) is 0 Å². The lowest BCUT2D eigenvalue weighted by atomic mass is 9.90. The molecule has 1 saturated heterocycles. The molecule has 1 atom stereocenters. The largest absolute Gasteiger partial charge is 0.493 e. The maximum atomic E-state index is 12.7. The lowest BCUT2D eigenvalue weighted by Gasteiger charge is -2.32. The number of carboxylic acids is 1. The van der Waals surface area contributed by atoms with E-state index >= 15 is 0 Å². The van der Waals surface area contributed by atoms with Crippen LogP contribution in [0.2, 0.25) is 0 Å². The minimum absolute atomic E-state index is 0.00683. The first-order chi connectivity index (χ1) is 11.4. The van der Waals surface area contributed by atoms with Crippen molar-refractivity contribution in [2.75, 3.05) is 19.7 Å². The van der Waals surface area contributed by atoms with Crippen LogP contribution < -0.4 is 4.74 Å². The van der Waals surface area contributed by atoms with Gasteiger partial charge in [-0.2, -0.15) is 0 Å². The summed E-state index contributed by atoms with van der Waals surface area (Å²) in [5.74, 6) is 0.263. The zero-order valence-electron chi connectivity index (χ0n) is 14.3. The van der Waals surface area contributed by atoms with E-state index < -0.39 is 5.97 Å². The summed E-state index contributed by atoms with van der Waals surface area (Å²) in [7, 11) is 0. The number of amides is 1. The number of carboxylic acid groups (broad SMARTS) is 1. The lowest BCUT2D eigenvalue weighted by Crippen LogP contribution is -2.40. The molecule has 1 heterocycles. The van der Waals surface area contributed by atoms with E-state index in [2.05, 4.69) is 13.8 Å². The Morgan fingerprint density at radius 3 is 2.62 bits per heavy atom. The Morgan fingerprint density at radius 1 is 1.33 bits per heavy atom. The molecule has 2 aliphatic rings. The van der Waals surface area contributed by atoms with Gasteiger partial charge in [-0.3, -0.25) is 9.59 Å². The van der Waals surface area contributed by atoms with Crippen LogP contribution in [0.5, 0.6) is 5.75 Å². The van der Waals surface area contributed by atoms with Gasteiger partial charge in [0.05, 0.1) is 12.5 Å². The number of rotatable bonds is 5. The molecule has 1 aliphatic heterocycles. The Balaban J connectivity index is 1.59. The summed E-state index contributed by atoms with van der Waals surface area (Å²) >= 11 is 0. The minimum atomic E-state index is -0.690. The van der Waals surface area contributed by atoms with Gasteiger partial charge in [-0.05, 0) is 48.8 Å². The SMILES string of the molecule is CC(C)COc1cccc(C(=O)N2CCC3(CC2)CC3C(=O)O)c1. The highest BCUT2D eigenvalue weighted by Crippen LogP contribution is 2.59. The van der Waals surface area contributed by atoms with E-state index in [1.807, 2.05) is 23.1 Å². The molecule has 1 spiro atoms. The molecular weight excluding hydrogens is 306 g/mol. The average Bonchev–Trinajstić information content (AvgIpc) is 3.27. The van der Waals surface area contributed by atoms with Crippen LogP contribution in [0.1, 0.15) is 43.5 Å². The zero-order chi connectivity index (χ0) is 17.3. The summed E-state index contributed by atoms with van der Waals surface area (Å²) in [4.78, 5) is 25.7. The quantitative estimate of drug-likeness (QED) is 0.900. The van der Waals surface area contributed by atoms with E-state index in [1.165, 1.54) is 0 Å². The Labute approximate surface area is 142 Å². The Kier molecular flexibility index (Phi) is 4.52. The van der Waals surface area contributed by atoms with Crippen molar-refractivity contribution in [3.63, 3.8) is 0 Å². The molecule has 0 aromatic heterocycles. The number of piperidine rings is 1. The van der Waals surface area contributed by atoms with Crippen LogP contribution in [-0.4, -0.2) is 41.6 Å². The average molecular weight is 331 g/mol. The first-order valence-corrected chi connectivity index (χ1v) is 8.66. The fraction of sp³-hybridized carbons (Fsp3) is 0.579. The number of carbonyl (C=O) groups excluding carboxylic acids is 1. The predicted molar refractivity (Wildman–Crippen MR) is 90.1 cm³/mol. The molecule has 1 amide bonds. The number of nitrogens with zero attached hydrogens (tertiary/aromatic N) is 1. The highest BCUT2D eigenvalue weighted by atomic mass is 16.5. The van der Waals surface area contributed by atoms with Crippen LogP contribution in [0.4, 0.5) is 0 Å². The summed E-state index contributed by atoms with van der Waals surface area (Å²) in [6, 6.07) is 7.32. The summed E-state index contributed by atoms with van der Waals surface area (Å²) in [5, 5.41) is 9.15. The molecule has 1 unspecified atom stereocenters. The molecular formula is C19H25NO4. The van der Waals surface area contributed by atoms with Crippen LogP contribution in [-0.2, 0) is 4.79 Å². The molecule has 0 radical (unpaired) electrons. The van der Waals surface area contributed by atoms with Crippen molar-refractivity contribution in [1.29, 1.82) is 0 Å². The number of benzene rings is 1. The van der Waals surface area contributed by atoms with Crippen molar-refractivity contribution in [3.8, 4) is 5.75 Å². The van der Waals surface area contributed by atoms with Gasteiger partial charge < -0.3 is 14.7 Å². The highest BCUT2D eigenvalue weighted by Gasteiger charge is 2.59. The fourth-order valence-electron chi connectivity index (χ4n) is 3.57. The summed E-state index contributed by atoms with van der Waals surface area (Å²) in [5.41, 5.74) is 0.586. The summed E-state index contributed by atoms with van der Waals surface area (Å²) < 4.78 is 5.69. The Hall–Kier alpha value is -2.04. The van der Waals surface area contributed by atoms with E-state index in [4.69, 9.17) is 9.84 Å². The third-order valence-corrected chi connectivity index (χ3v) is 5.20. The van der Waals surface area contributed by atoms with Gasteiger partial charge in [-0.15, -0.1) is 0 Å². The Morgan fingerprint density at radius 2 is 2.04 bits per heavy atom. The third-order valence-electron chi connectivity index (χ3n) is 5.20. The van der Waals surface area contributed by atoms with Crippen molar-refractivity contribution >= 4 is 11.9 Å². The van der Waals surface area contributed by atoms with Gasteiger partial charge in [0.15, 0.2) is 0 Å². The van der Waals surface area contributed by atoms with Crippen molar-refractivity contribution in [2.24, 2.45) is 17.3 Å². The first-order valence-electron chi connectivity index (χ1n) is 8.66. The van der Waals surface area contributed by atoms with E-state index in [9.17, 15) is 9.59 Å². The van der Waals surface area contributed by atoms with Crippen molar-refractivity contribution in [2.45, 2.75) is 33.1 Å². The summed E-state index contributed by atoms with van der Waals surface area (Å²) in [6.07, 6.45) is 2.35. The number of hydrogen-bond donors (Lipinski definition) is 1. The second-order valence-electron chi connectivity index (χ2n) is 7.48. The molecule has 1 aliphatic carbocycles. The number of hydrogen-bond acceptors (Lipinski definition) is 3. The number of ether oxygens (including phenoxy) is 1. The number of likely N-dealkylation sites (tertiary alicyclic amines) is 1.